The van der Waals surface area contributed by atoms with Crippen molar-refractivity contribution >= 4 is 16.0 Å². The lowest BCUT2D eigenvalue weighted by molar-refractivity contribution is -0.138. The number of carbonyl (C=O) groups is 1. The van der Waals surface area contributed by atoms with Gasteiger partial charge < -0.3 is 9.67 Å². The molecule has 1 aliphatic rings. The Kier molecular flexibility index (Phi) is 3.40. The summed E-state index contributed by atoms with van der Waals surface area (Å²) in [4.78, 5) is 14.7. The zero-order valence-electron chi connectivity index (χ0n) is 9.96. The molecular weight excluding hydrogens is 258 g/mol. The van der Waals surface area contributed by atoms with Crippen molar-refractivity contribution in [3.63, 3.8) is 0 Å². The molecular formula is C10H15N3O4S. The molecule has 7 nitrogen and oxygen atoms in total. The van der Waals surface area contributed by atoms with Crippen LogP contribution in [0.2, 0.25) is 0 Å². The number of sulfonamides is 1. The molecule has 1 aromatic rings. The Labute approximate surface area is 105 Å². The van der Waals surface area contributed by atoms with E-state index in [-0.39, 0.29) is 5.03 Å². The van der Waals surface area contributed by atoms with Crippen molar-refractivity contribution < 1.29 is 18.3 Å². The van der Waals surface area contributed by atoms with Crippen LogP contribution in [0, 0.1) is 0 Å². The van der Waals surface area contributed by atoms with E-state index in [1.54, 1.807) is 0 Å². The Morgan fingerprint density at radius 2 is 2.28 bits per heavy atom. The average molecular weight is 273 g/mol. The van der Waals surface area contributed by atoms with E-state index in [2.05, 4.69) is 9.71 Å². The Morgan fingerprint density at radius 1 is 1.56 bits per heavy atom. The van der Waals surface area contributed by atoms with Crippen LogP contribution in [0.15, 0.2) is 11.2 Å². The first-order valence-electron chi connectivity index (χ1n) is 5.71. The summed E-state index contributed by atoms with van der Waals surface area (Å²) in [5.74, 6) is -0.479. The van der Waals surface area contributed by atoms with Crippen LogP contribution in [-0.2, 0) is 27.8 Å². The van der Waals surface area contributed by atoms with Gasteiger partial charge in [-0.2, -0.15) is 4.72 Å². The van der Waals surface area contributed by atoms with Gasteiger partial charge in [0.05, 0.1) is 0 Å². The summed E-state index contributed by atoms with van der Waals surface area (Å²) in [5, 5.41) is 8.60. The predicted octanol–water partition coefficient (Wildman–Crippen LogP) is -0.0292. The number of imidazole rings is 1. The molecule has 0 fully saturated rings. The normalized spacial score (nSPS) is 17.2. The second kappa shape index (κ2) is 4.69. The minimum atomic E-state index is -3.86. The lowest BCUT2D eigenvalue weighted by Gasteiger charge is -2.11. The van der Waals surface area contributed by atoms with Gasteiger partial charge in [-0.3, -0.25) is 4.79 Å². The molecule has 0 aliphatic carbocycles. The minimum Gasteiger partial charge on any atom is -0.480 e. The summed E-state index contributed by atoms with van der Waals surface area (Å²) in [5.41, 5.74) is 0. The molecule has 0 saturated carbocycles. The van der Waals surface area contributed by atoms with Crippen LogP contribution in [0.5, 0.6) is 0 Å². The first kappa shape index (κ1) is 13.0. The van der Waals surface area contributed by atoms with E-state index in [9.17, 15) is 13.2 Å². The number of nitrogens with zero attached hydrogens (tertiary/aromatic N) is 2. The molecule has 8 heteroatoms. The smallest absolute Gasteiger partial charge is 0.321 e. The fourth-order valence-electron chi connectivity index (χ4n) is 1.86. The molecule has 0 bridgehead atoms. The molecule has 0 radical (unpaired) electrons. The number of carboxylic acid groups (broad SMARTS) is 1. The van der Waals surface area contributed by atoms with Crippen molar-refractivity contribution in [2.75, 3.05) is 0 Å². The molecule has 2 rings (SSSR count). The van der Waals surface area contributed by atoms with E-state index in [0.717, 1.165) is 31.6 Å². The third-order valence-electron chi connectivity index (χ3n) is 2.86. The van der Waals surface area contributed by atoms with Crippen LogP contribution >= 0.6 is 0 Å². The highest BCUT2D eigenvalue weighted by atomic mass is 32.2. The third-order valence-corrected chi connectivity index (χ3v) is 4.28. The number of aromatic nitrogens is 2. The van der Waals surface area contributed by atoms with Crippen LogP contribution in [0.25, 0.3) is 0 Å². The number of carboxylic acids is 1. The quantitative estimate of drug-likeness (QED) is 0.802. The molecule has 100 valence electrons. The maximum atomic E-state index is 11.9. The molecule has 0 saturated heterocycles. The van der Waals surface area contributed by atoms with Crippen LogP contribution in [0.4, 0.5) is 0 Å². The fraction of sp³-hybridized carbons (Fsp3) is 0.600. The Morgan fingerprint density at radius 3 is 2.89 bits per heavy atom. The molecule has 1 aliphatic heterocycles. The summed E-state index contributed by atoms with van der Waals surface area (Å²) in [6, 6.07) is -1.17. The van der Waals surface area contributed by atoms with Crippen LogP contribution in [0.1, 0.15) is 25.6 Å². The van der Waals surface area contributed by atoms with Crippen LogP contribution < -0.4 is 4.72 Å². The number of nitrogens with one attached hydrogen (secondary N) is 1. The van der Waals surface area contributed by atoms with E-state index in [1.807, 2.05) is 4.57 Å². The van der Waals surface area contributed by atoms with Crippen molar-refractivity contribution in [2.24, 2.45) is 0 Å². The van der Waals surface area contributed by atoms with Crippen molar-refractivity contribution in [2.45, 2.75) is 43.8 Å². The molecule has 18 heavy (non-hydrogen) atoms. The van der Waals surface area contributed by atoms with Gasteiger partial charge in [0, 0.05) is 19.2 Å². The van der Waals surface area contributed by atoms with Crippen molar-refractivity contribution in [3.05, 3.63) is 12.0 Å². The van der Waals surface area contributed by atoms with Crippen LogP contribution in [0.3, 0.4) is 0 Å². The summed E-state index contributed by atoms with van der Waals surface area (Å²) in [6.45, 7) is 2.03. The first-order valence-corrected chi connectivity index (χ1v) is 7.19. The predicted molar refractivity (Wildman–Crippen MR) is 62.6 cm³/mol. The average Bonchev–Trinajstić information content (AvgIpc) is 2.72. The number of aliphatic carboxylic acids is 1. The largest absolute Gasteiger partial charge is 0.480 e. The topological polar surface area (TPSA) is 101 Å². The van der Waals surface area contributed by atoms with Gasteiger partial charge in [0.2, 0.25) is 0 Å². The molecule has 0 amide bonds. The van der Waals surface area contributed by atoms with Crippen molar-refractivity contribution in [1.29, 1.82) is 0 Å². The first-order chi connectivity index (χ1) is 8.40. The zero-order chi connectivity index (χ0) is 13.3. The van der Waals surface area contributed by atoms with Gasteiger partial charge in [0.1, 0.15) is 11.9 Å². The van der Waals surface area contributed by atoms with Gasteiger partial charge in [-0.05, 0) is 19.8 Å². The molecule has 0 aromatic carbocycles. The highest BCUT2D eigenvalue weighted by Crippen LogP contribution is 2.17. The molecule has 1 aromatic heterocycles. The Hall–Kier alpha value is -1.41. The molecule has 2 heterocycles. The number of aryl methyl sites for hydroxylation is 2. The SMILES string of the molecule is C[C@H](NS(=O)(=O)c1cn2c(n1)CCCC2)C(=O)O. The van der Waals surface area contributed by atoms with Crippen molar-refractivity contribution in [1.82, 2.24) is 14.3 Å². The van der Waals surface area contributed by atoms with Gasteiger partial charge >= 0.3 is 5.97 Å². The zero-order valence-corrected chi connectivity index (χ0v) is 10.8. The number of hydrogen-bond acceptors (Lipinski definition) is 4. The van der Waals surface area contributed by atoms with E-state index in [1.165, 1.54) is 13.1 Å². The Bertz CT molecular complexity index is 540. The van der Waals surface area contributed by atoms with Crippen molar-refractivity contribution in [3.8, 4) is 0 Å². The van der Waals surface area contributed by atoms with E-state index in [4.69, 9.17) is 5.11 Å². The van der Waals surface area contributed by atoms with E-state index in [0.29, 0.717) is 0 Å². The van der Waals surface area contributed by atoms with E-state index >= 15 is 0 Å². The van der Waals surface area contributed by atoms with Gasteiger partial charge in [-0.1, -0.05) is 0 Å². The molecule has 1 atom stereocenters. The monoisotopic (exact) mass is 273 g/mol. The van der Waals surface area contributed by atoms with Gasteiger partial charge in [0.25, 0.3) is 10.0 Å². The second-order valence-electron chi connectivity index (χ2n) is 4.33. The van der Waals surface area contributed by atoms with Gasteiger partial charge in [-0.15, -0.1) is 0 Å². The molecule has 2 N–H and O–H groups in total. The Balaban J connectivity index is 2.24. The maximum absolute atomic E-state index is 11.9. The standard InChI is InChI=1S/C10H15N3O4S/c1-7(10(14)15)12-18(16,17)9-6-13-5-3-2-4-8(13)11-9/h6-7,12H,2-5H2,1H3,(H,14,15)/t7-/m0/s1. The summed E-state index contributed by atoms with van der Waals surface area (Å²) >= 11 is 0. The van der Waals surface area contributed by atoms with Gasteiger partial charge in [-0.25, -0.2) is 13.4 Å². The fourth-order valence-corrected chi connectivity index (χ4v) is 3.04. The molecule has 0 unspecified atom stereocenters. The van der Waals surface area contributed by atoms with Crippen LogP contribution in [-0.4, -0.2) is 35.1 Å². The summed E-state index contributed by atoms with van der Waals surface area (Å²) in [7, 11) is -3.86. The van der Waals surface area contributed by atoms with E-state index < -0.39 is 22.0 Å². The highest BCUT2D eigenvalue weighted by molar-refractivity contribution is 7.89. The number of rotatable bonds is 4. The maximum Gasteiger partial charge on any atom is 0.321 e. The second-order valence-corrected chi connectivity index (χ2v) is 5.99. The summed E-state index contributed by atoms with van der Waals surface area (Å²) < 4.78 is 27.7. The highest BCUT2D eigenvalue weighted by Gasteiger charge is 2.25. The molecule has 0 spiro atoms. The lowest BCUT2D eigenvalue weighted by Crippen LogP contribution is -2.38. The number of hydrogen-bond donors (Lipinski definition) is 2. The lowest BCUT2D eigenvalue weighted by atomic mass is 10.2. The van der Waals surface area contributed by atoms with Gasteiger partial charge in [0.15, 0.2) is 5.03 Å². The number of fused-ring (bicyclic) bond motifs is 1. The minimum absolute atomic E-state index is 0.104. The summed E-state index contributed by atoms with van der Waals surface area (Å²) in [6.07, 6.45) is 4.21. The third kappa shape index (κ3) is 2.54.